The van der Waals surface area contributed by atoms with Crippen LogP contribution in [0.15, 0.2) is 47.1 Å². The van der Waals surface area contributed by atoms with E-state index in [0.717, 1.165) is 17.7 Å². The SMILES string of the molecule is C=C(N)c1ncn(CCCCOC(=O)NCc2ccc(S(=O)(=O)NCC(C)C)cc2)c1/C=C(\C)Cl. The lowest BCUT2D eigenvalue weighted by Crippen LogP contribution is -2.27. The number of unbranched alkanes of at least 4 members (excludes halogenated alkanes) is 1. The molecule has 0 aliphatic heterocycles. The molecule has 2 aromatic rings. The third kappa shape index (κ3) is 9.39. The molecule has 192 valence electrons. The van der Waals surface area contributed by atoms with Gasteiger partial charge < -0.3 is 20.4 Å². The van der Waals surface area contributed by atoms with Crippen LogP contribution in [0, 0.1) is 5.92 Å². The van der Waals surface area contributed by atoms with Gasteiger partial charge in [-0.2, -0.15) is 0 Å². The highest BCUT2D eigenvalue weighted by Gasteiger charge is 2.14. The highest BCUT2D eigenvalue weighted by atomic mass is 35.5. The number of nitrogens with zero attached hydrogens (tertiary/aromatic N) is 2. The Labute approximate surface area is 212 Å². The molecule has 11 heteroatoms. The van der Waals surface area contributed by atoms with E-state index >= 15 is 0 Å². The lowest BCUT2D eigenvalue weighted by molar-refractivity contribution is 0.143. The van der Waals surface area contributed by atoms with Gasteiger partial charge in [0.2, 0.25) is 10.0 Å². The van der Waals surface area contributed by atoms with Crippen LogP contribution in [0.25, 0.3) is 11.8 Å². The normalized spacial score (nSPS) is 12.1. The number of hydrogen-bond acceptors (Lipinski definition) is 6. The summed E-state index contributed by atoms with van der Waals surface area (Å²) in [6.45, 7) is 10.9. The van der Waals surface area contributed by atoms with Crippen LogP contribution in [0.4, 0.5) is 4.79 Å². The molecular weight excluding hydrogens is 490 g/mol. The molecule has 0 saturated carbocycles. The molecule has 0 unspecified atom stereocenters. The van der Waals surface area contributed by atoms with E-state index in [0.29, 0.717) is 35.9 Å². The van der Waals surface area contributed by atoms with Gasteiger partial charge in [-0.25, -0.2) is 22.9 Å². The van der Waals surface area contributed by atoms with E-state index in [2.05, 4.69) is 21.6 Å². The molecule has 2 rings (SSSR count). The maximum atomic E-state index is 12.2. The molecule has 4 N–H and O–H groups in total. The first-order valence-corrected chi connectivity index (χ1v) is 13.2. The number of carbonyl (C=O) groups is 1. The van der Waals surface area contributed by atoms with Crippen LogP contribution < -0.4 is 15.8 Å². The van der Waals surface area contributed by atoms with Gasteiger partial charge >= 0.3 is 6.09 Å². The zero-order chi connectivity index (χ0) is 26.0. The molecule has 0 aliphatic carbocycles. The number of amides is 1. The molecule has 0 fully saturated rings. The second kappa shape index (κ2) is 13.3. The van der Waals surface area contributed by atoms with Crippen LogP contribution in [0.2, 0.25) is 0 Å². The van der Waals surface area contributed by atoms with E-state index in [1.54, 1.807) is 31.5 Å². The Kier molecular flexibility index (Phi) is 10.8. The van der Waals surface area contributed by atoms with Gasteiger partial charge in [-0.1, -0.05) is 44.2 Å². The van der Waals surface area contributed by atoms with Crippen molar-refractivity contribution in [2.24, 2.45) is 11.7 Å². The number of rotatable bonds is 13. The van der Waals surface area contributed by atoms with Crippen molar-refractivity contribution in [3.8, 4) is 0 Å². The monoisotopic (exact) mass is 523 g/mol. The van der Waals surface area contributed by atoms with Crippen molar-refractivity contribution in [3.05, 3.63) is 59.2 Å². The fraction of sp³-hybridized carbons (Fsp3) is 0.417. The first kappa shape index (κ1) is 28.4. The minimum absolute atomic E-state index is 0.185. The molecule has 9 nitrogen and oxygen atoms in total. The summed E-state index contributed by atoms with van der Waals surface area (Å²) in [6.07, 6.45) is 4.34. The van der Waals surface area contributed by atoms with E-state index < -0.39 is 16.1 Å². The lowest BCUT2D eigenvalue weighted by atomic mass is 10.2. The zero-order valence-electron chi connectivity index (χ0n) is 20.4. The number of alkyl carbamates (subject to hydrolysis) is 1. The number of halogens is 1. The molecule has 0 bridgehead atoms. The van der Waals surface area contributed by atoms with Crippen molar-refractivity contribution in [2.45, 2.75) is 51.6 Å². The van der Waals surface area contributed by atoms with Crippen molar-refractivity contribution in [1.29, 1.82) is 0 Å². The number of aromatic nitrogens is 2. The van der Waals surface area contributed by atoms with Gasteiger partial charge in [0.25, 0.3) is 0 Å². The summed E-state index contributed by atoms with van der Waals surface area (Å²) < 4.78 is 34.2. The van der Waals surface area contributed by atoms with Gasteiger partial charge in [-0.05, 0) is 49.5 Å². The number of allylic oxidation sites excluding steroid dienone is 1. The van der Waals surface area contributed by atoms with Gasteiger partial charge in [-0.3, -0.25) is 0 Å². The molecule has 0 aliphatic rings. The Morgan fingerprint density at radius 2 is 1.97 bits per heavy atom. The third-order valence-electron chi connectivity index (χ3n) is 4.90. The number of nitrogens with two attached hydrogens (primary N) is 1. The first-order chi connectivity index (χ1) is 16.5. The summed E-state index contributed by atoms with van der Waals surface area (Å²) in [5.41, 5.74) is 8.31. The summed E-state index contributed by atoms with van der Waals surface area (Å²) in [5, 5.41) is 3.27. The average Bonchev–Trinajstić information content (AvgIpc) is 3.18. The number of nitrogens with one attached hydrogen (secondary N) is 2. The second-order valence-corrected chi connectivity index (χ2v) is 10.9. The van der Waals surface area contributed by atoms with E-state index in [4.69, 9.17) is 22.1 Å². The standard InChI is InChI=1S/C24H34ClN5O4S/c1-17(2)14-29-35(32,33)21-9-7-20(8-10-21)15-27-24(31)34-12-6-5-11-30-16-28-23(19(4)26)22(30)13-18(3)25/h7-10,13,16-17,29H,4-6,11-12,14-15,26H2,1-3H3,(H,27,31)/b18-13+. The molecule has 0 atom stereocenters. The quantitative estimate of drug-likeness (QED) is 0.340. The molecule has 1 aromatic carbocycles. The fourth-order valence-electron chi connectivity index (χ4n) is 3.08. The van der Waals surface area contributed by atoms with Crippen molar-refractivity contribution in [3.63, 3.8) is 0 Å². The maximum Gasteiger partial charge on any atom is 0.407 e. The number of imidazole rings is 1. The molecule has 0 spiro atoms. The van der Waals surface area contributed by atoms with Crippen molar-refractivity contribution < 1.29 is 17.9 Å². The molecule has 1 aromatic heterocycles. The van der Waals surface area contributed by atoms with Crippen LogP contribution in [0.3, 0.4) is 0 Å². The van der Waals surface area contributed by atoms with E-state index in [-0.39, 0.29) is 24.0 Å². The van der Waals surface area contributed by atoms with Gasteiger partial charge in [0.15, 0.2) is 0 Å². The van der Waals surface area contributed by atoms with E-state index in [9.17, 15) is 13.2 Å². The zero-order valence-corrected chi connectivity index (χ0v) is 22.0. The van der Waals surface area contributed by atoms with Crippen molar-refractivity contribution in [1.82, 2.24) is 19.6 Å². The maximum absolute atomic E-state index is 12.2. The van der Waals surface area contributed by atoms with Gasteiger partial charge in [0.05, 0.1) is 29.2 Å². The predicted molar refractivity (Wildman–Crippen MR) is 139 cm³/mol. The number of benzene rings is 1. The van der Waals surface area contributed by atoms with Gasteiger partial charge in [-0.15, -0.1) is 0 Å². The Balaban J connectivity index is 1.74. The van der Waals surface area contributed by atoms with Crippen LogP contribution in [-0.4, -0.2) is 37.2 Å². The summed E-state index contributed by atoms with van der Waals surface area (Å²) in [4.78, 5) is 16.4. The summed E-state index contributed by atoms with van der Waals surface area (Å²) >= 11 is 6.02. The van der Waals surface area contributed by atoms with Crippen molar-refractivity contribution >= 4 is 39.5 Å². The number of ether oxygens (including phenoxy) is 1. The lowest BCUT2D eigenvalue weighted by Gasteiger charge is -2.10. The van der Waals surface area contributed by atoms with E-state index in [1.165, 1.54) is 12.1 Å². The second-order valence-electron chi connectivity index (χ2n) is 8.51. The third-order valence-corrected chi connectivity index (χ3v) is 6.45. The Hall–Kier alpha value is -2.82. The van der Waals surface area contributed by atoms with Crippen LogP contribution in [-0.2, 0) is 27.8 Å². The number of carbonyl (C=O) groups excluding carboxylic acids is 1. The minimum atomic E-state index is -3.54. The topological polar surface area (TPSA) is 128 Å². The molecule has 1 amide bonds. The molecule has 0 saturated heterocycles. The smallest absolute Gasteiger partial charge is 0.407 e. The van der Waals surface area contributed by atoms with Gasteiger partial charge in [0.1, 0.15) is 5.69 Å². The van der Waals surface area contributed by atoms with Crippen molar-refractivity contribution in [2.75, 3.05) is 13.2 Å². The highest BCUT2D eigenvalue weighted by molar-refractivity contribution is 7.89. The summed E-state index contributed by atoms with van der Waals surface area (Å²) in [7, 11) is -3.54. The Morgan fingerprint density at radius 1 is 1.29 bits per heavy atom. The molecule has 35 heavy (non-hydrogen) atoms. The average molecular weight is 524 g/mol. The Bertz CT molecular complexity index is 1140. The van der Waals surface area contributed by atoms with Crippen LogP contribution in [0.5, 0.6) is 0 Å². The molecular formula is C24H34ClN5O4S. The van der Waals surface area contributed by atoms with Gasteiger partial charge in [0, 0.05) is 24.7 Å². The number of sulfonamides is 1. The minimum Gasteiger partial charge on any atom is -0.450 e. The summed E-state index contributed by atoms with van der Waals surface area (Å²) in [6, 6.07) is 6.35. The Morgan fingerprint density at radius 3 is 2.57 bits per heavy atom. The van der Waals surface area contributed by atoms with E-state index in [1.807, 2.05) is 18.4 Å². The summed E-state index contributed by atoms with van der Waals surface area (Å²) in [5.74, 6) is 0.212. The first-order valence-electron chi connectivity index (χ1n) is 11.3. The highest BCUT2D eigenvalue weighted by Crippen LogP contribution is 2.18. The predicted octanol–water partition coefficient (Wildman–Crippen LogP) is 4.05. The number of aryl methyl sites for hydroxylation is 1. The fourth-order valence-corrected chi connectivity index (χ4v) is 4.39. The van der Waals surface area contributed by atoms with Crippen LogP contribution in [0.1, 0.15) is 50.6 Å². The largest absolute Gasteiger partial charge is 0.450 e. The molecule has 0 radical (unpaired) electrons. The van der Waals surface area contributed by atoms with Crippen LogP contribution >= 0.6 is 11.6 Å². The number of hydrogen-bond donors (Lipinski definition) is 3. The molecule has 1 heterocycles.